The number of hydrogen-bond donors (Lipinski definition) is 1. The van der Waals surface area contributed by atoms with Crippen molar-refractivity contribution in [1.82, 2.24) is 9.88 Å². The molecule has 1 saturated heterocycles. The van der Waals surface area contributed by atoms with Gasteiger partial charge in [-0.3, -0.25) is 4.79 Å². The maximum Gasteiger partial charge on any atom is 0.416 e. The number of nitrogens with one attached hydrogen (secondary N) is 1. The van der Waals surface area contributed by atoms with Gasteiger partial charge >= 0.3 is 6.18 Å². The Morgan fingerprint density at radius 1 is 1.26 bits per heavy atom. The summed E-state index contributed by atoms with van der Waals surface area (Å²) in [5.41, 5.74) is -1.33. The summed E-state index contributed by atoms with van der Waals surface area (Å²) in [7, 11) is 0. The molecule has 0 radical (unpaired) electrons. The molecule has 3 aromatic rings. The van der Waals surface area contributed by atoms with Crippen LogP contribution in [0.1, 0.15) is 47.3 Å². The predicted molar refractivity (Wildman–Crippen MR) is 122 cm³/mol. The number of carbonyl (C=O) groups is 1. The maximum atomic E-state index is 13.4. The third-order valence-electron chi connectivity index (χ3n) is 5.44. The summed E-state index contributed by atoms with van der Waals surface area (Å²) in [5.74, 6) is 0.232. The van der Waals surface area contributed by atoms with Crippen molar-refractivity contribution in [3.63, 3.8) is 0 Å². The topological polar surface area (TPSA) is 68.8 Å². The molecule has 6 nitrogen and oxygen atoms in total. The number of carbonyl (C=O) groups excluding carboxylic acids is 1. The first kappa shape index (κ1) is 24.3. The minimum atomic E-state index is -4.59. The molecular weight excluding hydrogens is 467 g/mol. The molecule has 1 aliphatic rings. The highest BCUT2D eigenvalue weighted by atomic mass is 32.1. The van der Waals surface area contributed by atoms with Crippen molar-refractivity contribution in [3.8, 4) is 5.75 Å². The molecule has 1 aromatic carbocycles. The predicted octanol–water partition coefficient (Wildman–Crippen LogP) is 4.85. The Morgan fingerprint density at radius 3 is 2.62 bits per heavy atom. The molecule has 0 bridgehead atoms. The fraction of sp³-hybridized carbons (Fsp3) is 0.417. The molecule has 2 aromatic heterocycles. The number of amides is 1. The van der Waals surface area contributed by atoms with Gasteiger partial charge in [-0.15, -0.1) is 11.3 Å². The standard InChI is InChI=1S/C24H26F3N3O3S/c1-23(2,3)20-13-30(12-17-5-4-8-32-17)22(34-20)29-21(31)18-9-16(24(25,26)27)6-7-19(18)33-14-15-10-28-11-15/h4-9,13,15,28H,10-12,14H2,1-3H3. The van der Waals surface area contributed by atoms with Crippen molar-refractivity contribution in [1.29, 1.82) is 0 Å². The van der Waals surface area contributed by atoms with E-state index in [1.807, 2.05) is 27.0 Å². The second-order valence-corrected chi connectivity index (χ2v) is 10.3. The van der Waals surface area contributed by atoms with Crippen molar-refractivity contribution in [2.75, 3.05) is 19.7 Å². The Kier molecular flexibility index (Phi) is 6.73. The largest absolute Gasteiger partial charge is 0.492 e. The fourth-order valence-electron chi connectivity index (χ4n) is 3.32. The van der Waals surface area contributed by atoms with E-state index in [1.165, 1.54) is 17.4 Å². The second-order valence-electron chi connectivity index (χ2n) is 9.30. The third kappa shape index (κ3) is 5.61. The van der Waals surface area contributed by atoms with Gasteiger partial charge in [0.1, 0.15) is 11.5 Å². The lowest BCUT2D eigenvalue weighted by atomic mass is 9.95. The number of hydrogen-bond acceptors (Lipinski definition) is 5. The molecule has 1 fully saturated rings. The lowest BCUT2D eigenvalue weighted by Crippen LogP contribution is -2.45. The zero-order valence-corrected chi connectivity index (χ0v) is 19.9. The summed E-state index contributed by atoms with van der Waals surface area (Å²) in [6, 6.07) is 6.50. The van der Waals surface area contributed by atoms with E-state index in [9.17, 15) is 18.0 Å². The van der Waals surface area contributed by atoms with Crippen LogP contribution in [0.4, 0.5) is 13.2 Å². The van der Waals surface area contributed by atoms with Crippen LogP contribution in [-0.4, -0.2) is 30.2 Å². The lowest BCUT2D eigenvalue weighted by Gasteiger charge is -2.27. The van der Waals surface area contributed by atoms with Gasteiger partial charge in [-0.1, -0.05) is 20.8 Å². The summed E-state index contributed by atoms with van der Waals surface area (Å²) in [6.07, 6.45) is -1.14. The van der Waals surface area contributed by atoms with Crippen LogP contribution in [0.15, 0.2) is 52.2 Å². The van der Waals surface area contributed by atoms with Crippen LogP contribution < -0.4 is 14.9 Å². The molecule has 1 N–H and O–H groups in total. The molecule has 0 aliphatic carbocycles. The molecule has 0 spiro atoms. The van der Waals surface area contributed by atoms with E-state index < -0.39 is 17.6 Å². The van der Waals surface area contributed by atoms with Crippen molar-refractivity contribution in [2.45, 2.75) is 38.9 Å². The lowest BCUT2D eigenvalue weighted by molar-refractivity contribution is -0.137. The highest BCUT2D eigenvalue weighted by Gasteiger charge is 2.32. The Bertz CT molecular complexity index is 1220. The molecule has 3 heterocycles. The number of thiazole rings is 1. The van der Waals surface area contributed by atoms with Crippen LogP contribution in [-0.2, 0) is 18.1 Å². The summed E-state index contributed by atoms with van der Waals surface area (Å²) < 4.78 is 53.1. The SMILES string of the molecule is CC(C)(C)c1cn(Cc2ccco2)c(=NC(=O)c2cc(C(F)(F)F)ccc2OCC2CNC2)s1. The highest BCUT2D eigenvalue weighted by Crippen LogP contribution is 2.33. The Balaban J connectivity index is 1.73. The van der Waals surface area contributed by atoms with Crippen LogP contribution in [0, 0.1) is 5.92 Å². The number of ether oxygens (including phenoxy) is 1. The third-order valence-corrected chi connectivity index (χ3v) is 6.89. The summed E-state index contributed by atoms with van der Waals surface area (Å²) in [5, 5.41) is 3.11. The fourth-order valence-corrected chi connectivity index (χ4v) is 4.36. The van der Waals surface area contributed by atoms with Crippen molar-refractivity contribution >= 4 is 17.2 Å². The van der Waals surface area contributed by atoms with Gasteiger partial charge in [0.25, 0.3) is 5.91 Å². The second kappa shape index (κ2) is 9.42. The van der Waals surface area contributed by atoms with E-state index in [0.29, 0.717) is 23.7 Å². The maximum absolute atomic E-state index is 13.4. The average Bonchev–Trinajstić information content (AvgIpc) is 3.36. The number of aromatic nitrogens is 1. The average molecular weight is 494 g/mol. The monoisotopic (exact) mass is 493 g/mol. The number of rotatable bonds is 6. The zero-order valence-electron chi connectivity index (χ0n) is 19.1. The van der Waals surface area contributed by atoms with Gasteiger partial charge in [-0.2, -0.15) is 18.2 Å². The normalized spacial score (nSPS) is 15.4. The van der Waals surface area contributed by atoms with Crippen LogP contribution in [0.25, 0.3) is 0 Å². The molecule has 1 aliphatic heterocycles. The zero-order chi connectivity index (χ0) is 24.5. The molecule has 4 rings (SSSR count). The van der Waals surface area contributed by atoms with Gasteiger partial charge in [0.05, 0.1) is 30.5 Å². The van der Waals surface area contributed by atoms with Crippen molar-refractivity contribution in [3.05, 3.63) is 69.4 Å². The van der Waals surface area contributed by atoms with E-state index >= 15 is 0 Å². The van der Waals surface area contributed by atoms with E-state index in [-0.39, 0.29) is 22.6 Å². The van der Waals surface area contributed by atoms with Gasteiger partial charge < -0.3 is 19.0 Å². The smallest absolute Gasteiger partial charge is 0.416 e. The number of benzene rings is 1. The van der Waals surface area contributed by atoms with E-state index in [2.05, 4.69) is 10.3 Å². The van der Waals surface area contributed by atoms with Gasteiger partial charge in [0.2, 0.25) is 0 Å². The summed E-state index contributed by atoms with van der Waals surface area (Å²) in [4.78, 5) is 18.8. The molecule has 0 atom stereocenters. The molecule has 1 amide bonds. The molecule has 0 unspecified atom stereocenters. The first-order chi connectivity index (χ1) is 16.0. The van der Waals surface area contributed by atoms with E-state index in [4.69, 9.17) is 9.15 Å². The Morgan fingerprint density at radius 2 is 2.03 bits per heavy atom. The summed E-state index contributed by atoms with van der Waals surface area (Å²) in [6.45, 7) is 8.30. The molecular formula is C24H26F3N3O3S. The van der Waals surface area contributed by atoms with Crippen LogP contribution >= 0.6 is 11.3 Å². The minimum absolute atomic E-state index is 0.0961. The van der Waals surface area contributed by atoms with Gasteiger partial charge in [-0.05, 0) is 35.7 Å². The molecule has 34 heavy (non-hydrogen) atoms. The van der Waals surface area contributed by atoms with Crippen molar-refractivity contribution in [2.24, 2.45) is 10.9 Å². The number of halogens is 3. The first-order valence-corrected chi connectivity index (χ1v) is 11.7. The van der Waals surface area contributed by atoms with Gasteiger partial charge in [0, 0.05) is 30.1 Å². The van der Waals surface area contributed by atoms with Crippen LogP contribution in [0.5, 0.6) is 5.75 Å². The van der Waals surface area contributed by atoms with Crippen molar-refractivity contribution < 1.29 is 27.1 Å². The summed E-state index contributed by atoms with van der Waals surface area (Å²) >= 11 is 1.32. The number of alkyl halides is 3. The molecule has 182 valence electrons. The Labute approximate surface area is 199 Å². The van der Waals surface area contributed by atoms with Crippen LogP contribution in [0.2, 0.25) is 0 Å². The van der Waals surface area contributed by atoms with E-state index in [0.717, 1.165) is 30.1 Å². The minimum Gasteiger partial charge on any atom is -0.492 e. The van der Waals surface area contributed by atoms with Gasteiger partial charge in [0.15, 0.2) is 4.80 Å². The number of furan rings is 1. The quantitative estimate of drug-likeness (QED) is 0.533. The Hall–Kier alpha value is -2.85. The molecule has 0 saturated carbocycles. The highest BCUT2D eigenvalue weighted by molar-refractivity contribution is 7.09. The first-order valence-electron chi connectivity index (χ1n) is 10.9. The number of nitrogens with zero attached hydrogens (tertiary/aromatic N) is 2. The van der Waals surface area contributed by atoms with Crippen LogP contribution in [0.3, 0.4) is 0 Å². The molecule has 10 heteroatoms. The van der Waals surface area contributed by atoms with Gasteiger partial charge in [-0.25, -0.2) is 0 Å². The van der Waals surface area contributed by atoms with E-state index in [1.54, 1.807) is 23.0 Å².